The van der Waals surface area contributed by atoms with Crippen LogP contribution in [-0.2, 0) is 9.53 Å². The third-order valence-corrected chi connectivity index (χ3v) is 5.79. The maximum Gasteiger partial charge on any atom is 0.333 e. The van der Waals surface area contributed by atoms with Crippen LogP contribution in [0.4, 0.5) is 0 Å². The molecule has 1 N–H and O–H groups in total. The smallest absolute Gasteiger partial charge is 0.333 e. The second kappa shape index (κ2) is 18.7. The summed E-state index contributed by atoms with van der Waals surface area (Å²) in [6.07, 6.45) is 16.4. The molecular formula is C28H46O4. The molecule has 0 fully saturated rings. The highest BCUT2D eigenvalue weighted by Gasteiger charge is 2.22. The molecule has 4 nitrogen and oxygen atoms in total. The maximum absolute atomic E-state index is 11.6. The summed E-state index contributed by atoms with van der Waals surface area (Å²) in [5.41, 5.74) is 0.328. The highest BCUT2D eigenvalue weighted by atomic mass is 16.6. The average molecular weight is 447 g/mol. The van der Waals surface area contributed by atoms with Gasteiger partial charge < -0.3 is 14.6 Å². The maximum atomic E-state index is 11.6. The zero-order valence-electron chi connectivity index (χ0n) is 20.5. The molecular weight excluding hydrogens is 400 g/mol. The second-order valence-electron chi connectivity index (χ2n) is 8.95. The van der Waals surface area contributed by atoms with E-state index < -0.39 is 18.2 Å². The van der Waals surface area contributed by atoms with Gasteiger partial charge in [0.15, 0.2) is 0 Å². The van der Waals surface area contributed by atoms with Crippen molar-refractivity contribution in [1.29, 1.82) is 0 Å². The Morgan fingerprint density at radius 2 is 1.38 bits per heavy atom. The van der Waals surface area contributed by atoms with Gasteiger partial charge in [0.1, 0.15) is 24.6 Å². The number of carbonyl (C=O) groups is 1. The molecule has 0 aliphatic heterocycles. The summed E-state index contributed by atoms with van der Waals surface area (Å²) in [6, 6.07) is 9.50. The Morgan fingerprint density at radius 3 is 1.88 bits per heavy atom. The first kappa shape index (κ1) is 28.2. The molecule has 0 heterocycles. The Balaban J connectivity index is 2.22. The first-order valence-corrected chi connectivity index (χ1v) is 12.8. The minimum atomic E-state index is -0.865. The van der Waals surface area contributed by atoms with E-state index in [0.717, 1.165) is 25.0 Å². The summed E-state index contributed by atoms with van der Waals surface area (Å²) in [5, 5.41) is 10.6. The lowest BCUT2D eigenvalue weighted by Crippen LogP contribution is -2.36. The van der Waals surface area contributed by atoms with Crippen LogP contribution in [-0.4, -0.2) is 29.9 Å². The largest absolute Gasteiger partial charge is 0.488 e. The van der Waals surface area contributed by atoms with Gasteiger partial charge in [-0.3, -0.25) is 0 Å². The van der Waals surface area contributed by atoms with Gasteiger partial charge in [-0.1, -0.05) is 109 Å². The highest BCUT2D eigenvalue weighted by Crippen LogP contribution is 2.19. The van der Waals surface area contributed by atoms with Gasteiger partial charge in [0.2, 0.25) is 0 Å². The van der Waals surface area contributed by atoms with Crippen LogP contribution in [0.25, 0.3) is 0 Å². The van der Waals surface area contributed by atoms with Crippen molar-refractivity contribution in [2.45, 2.75) is 116 Å². The summed E-state index contributed by atoms with van der Waals surface area (Å²) in [7, 11) is 0. The Bertz CT molecular complexity index is 599. The van der Waals surface area contributed by atoms with Gasteiger partial charge in [-0.05, 0) is 31.9 Å². The van der Waals surface area contributed by atoms with Gasteiger partial charge in [0, 0.05) is 5.57 Å². The van der Waals surface area contributed by atoms with Crippen molar-refractivity contribution in [1.82, 2.24) is 0 Å². The van der Waals surface area contributed by atoms with Gasteiger partial charge >= 0.3 is 5.97 Å². The van der Waals surface area contributed by atoms with E-state index in [-0.39, 0.29) is 6.61 Å². The van der Waals surface area contributed by atoms with Crippen molar-refractivity contribution < 1.29 is 19.4 Å². The summed E-state index contributed by atoms with van der Waals surface area (Å²) in [5.74, 6) is 0.237. The zero-order chi connectivity index (χ0) is 23.4. The molecule has 0 saturated carbocycles. The number of aliphatic hydroxyl groups is 1. The molecule has 0 radical (unpaired) electrons. The van der Waals surface area contributed by atoms with Crippen LogP contribution in [0.1, 0.15) is 104 Å². The fourth-order valence-electron chi connectivity index (χ4n) is 3.76. The number of para-hydroxylation sites is 1. The highest BCUT2D eigenvalue weighted by molar-refractivity contribution is 5.86. The van der Waals surface area contributed by atoms with Gasteiger partial charge in [0.05, 0.1) is 0 Å². The van der Waals surface area contributed by atoms with E-state index in [1.165, 1.54) is 70.6 Å². The van der Waals surface area contributed by atoms with E-state index in [9.17, 15) is 9.90 Å². The quantitative estimate of drug-likeness (QED) is 0.129. The van der Waals surface area contributed by atoms with Gasteiger partial charge in [-0.2, -0.15) is 0 Å². The van der Waals surface area contributed by atoms with Gasteiger partial charge in [0.25, 0.3) is 0 Å². The predicted molar refractivity (Wildman–Crippen MR) is 133 cm³/mol. The summed E-state index contributed by atoms with van der Waals surface area (Å²) < 4.78 is 11.1. The minimum absolute atomic E-state index is 0.0817. The molecule has 0 bridgehead atoms. The van der Waals surface area contributed by atoms with Crippen LogP contribution in [0, 0.1) is 0 Å². The molecule has 0 spiro atoms. The van der Waals surface area contributed by atoms with Crippen molar-refractivity contribution in [2.75, 3.05) is 6.61 Å². The summed E-state index contributed by atoms with van der Waals surface area (Å²) >= 11 is 0. The molecule has 1 rings (SSSR count). The topological polar surface area (TPSA) is 55.8 Å². The van der Waals surface area contributed by atoms with Gasteiger partial charge in [-0.15, -0.1) is 0 Å². The van der Waals surface area contributed by atoms with Crippen LogP contribution >= 0.6 is 0 Å². The minimum Gasteiger partial charge on any atom is -0.488 e. The van der Waals surface area contributed by atoms with Crippen molar-refractivity contribution >= 4 is 5.97 Å². The molecule has 1 aromatic carbocycles. The third kappa shape index (κ3) is 14.3. The Hall–Kier alpha value is -1.81. The normalized spacial score (nSPS) is 12.8. The number of esters is 1. The van der Waals surface area contributed by atoms with E-state index >= 15 is 0 Å². The Morgan fingerprint density at radius 1 is 0.875 bits per heavy atom. The van der Waals surface area contributed by atoms with Crippen molar-refractivity contribution in [3.63, 3.8) is 0 Å². The van der Waals surface area contributed by atoms with Crippen LogP contribution in [0.2, 0.25) is 0 Å². The van der Waals surface area contributed by atoms with Crippen molar-refractivity contribution in [2.24, 2.45) is 0 Å². The molecule has 0 aromatic heterocycles. The predicted octanol–water partition coefficient (Wildman–Crippen LogP) is 7.40. The lowest BCUT2D eigenvalue weighted by Gasteiger charge is -2.24. The molecule has 4 heteroatoms. The average Bonchev–Trinajstić information content (AvgIpc) is 2.80. The fourth-order valence-corrected chi connectivity index (χ4v) is 3.76. The lowest BCUT2D eigenvalue weighted by atomic mass is 10.0. The fraction of sp³-hybridized carbons (Fsp3) is 0.679. The van der Waals surface area contributed by atoms with Crippen LogP contribution in [0.3, 0.4) is 0 Å². The van der Waals surface area contributed by atoms with E-state index in [4.69, 9.17) is 9.47 Å². The SMILES string of the molecule is C=C(C)C(=O)OCC(O)C(CCCCCCCCCCCCCCC)Oc1ccccc1. The number of carbonyl (C=O) groups excluding carboxylic acids is 1. The van der Waals surface area contributed by atoms with Crippen LogP contribution in [0.15, 0.2) is 42.5 Å². The lowest BCUT2D eigenvalue weighted by molar-refractivity contribution is -0.143. The first-order valence-electron chi connectivity index (χ1n) is 12.8. The second-order valence-corrected chi connectivity index (χ2v) is 8.95. The van der Waals surface area contributed by atoms with Crippen LogP contribution < -0.4 is 4.74 Å². The molecule has 182 valence electrons. The molecule has 0 aliphatic rings. The number of benzene rings is 1. The van der Waals surface area contributed by atoms with E-state index in [1.54, 1.807) is 6.92 Å². The molecule has 2 atom stereocenters. The molecule has 0 aliphatic carbocycles. The van der Waals surface area contributed by atoms with E-state index in [1.807, 2.05) is 30.3 Å². The molecule has 1 aromatic rings. The number of aliphatic hydroxyl groups excluding tert-OH is 1. The summed E-state index contributed by atoms with van der Waals surface area (Å²) in [6.45, 7) is 7.35. The van der Waals surface area contributed by atoms with Crippen LogP contribution in [0.5, 0.6) is 5.75 Å². The number of hydrogen-bond acceptors (Lipinski definition) is 4. The van der Waals surface area contributed by atoms with Gasteiger partial charge in [-0.25, -0.2) is 4.79 Å². The molecule has 2 unspecified atom stereocenters. The number of unbranched alkanes of at least 4 members (excludes halogenated alkanes) is 12. The standard InChI is InChI=1S/C28H46O4/c1-4-5-6-7-8-9-10-11-12-13-14-15-19-22-27(32-25-20-17-16-18-21-25)26(29)23-31-28(30)24(2)3/h16-18,20-21,26-27,29H,2,4-15,19,22-23H2,1,3H3. The van der Waals surface area contributed by atoms with E-state index in [0.29, 0.717) is 5.57 Å². The molecule has 0 saturated heterocycles. The number of rotatable bonds is 20. The first-order chi connectivity index (χ1) is 15.5. The molecule has 0 amide bonds. The third-order valence-electron chi connectivity index (χ3n) is 5.79. The summed E-state index contributed by atoms with van der Waals surface area (Å²) in [4.78, 5) is 11.6. The van der Waals surface area contributed by atoms with Crippen molar-refractivity contribution in [3.05, 3.63) is 42.5 Å². The zero-order valence-corrected chi connectivity index (χ0v) is 20.5. The number of ether oxygens (including phenoxy) is 2. The molecule has 32 heavy (non-hydrogen) atoms. The Kier molecular flexibility index (Phi) is 16.5. The van der Waals surface area contributed by atoms with Crippen molar-refractivity contribution in [3.8, 4) is 5.75 Å². The van der Waals surface area contributed by atoms with E-state index in [2.05, 4.69) is 13.5 Å². The number of hydrogen-bond donors (Lipinski definition) is 1. The monoisotopic (exact) mass is 446 g/mol. The Labute approximate surface area is 196 Å².